The van der Waals surface area contributed by atoms with Crippen LogP contribution in [0, 0.1) is 5.82 Å². The van der Waals surface area contributed by atoms with Crippen LogP contribution in [0.3, 0.4) is 0 Å². The number of amides is 2. The lowest BCUT2D eigenvalue weighted by molar-refractivity contribution is -0.117. The number of nitrogens with zero attached hydrogens (tertiary/aromatic N) is 1. The fraction of sp³-hybridized carbons (Fsp3) is 0.263. The SMILES string of the molecule is O=C(Nc1cc(N2CCOC2=O)ccc1F)C1CCc2ccccc21. The standard InChI is InChI=1S/C19H17FN2O3/c20-16-8-6-13(22-9-10-25-19(22)24)11-17(16)21-18(23)15-7-5-12-3-1-2-4-14(12)15/h1-4,6,8,11,15H,5,7,9-10H2,(H,21,23). The third kappa shape index (κ3) is 2.84. The van der Waals surface area contributed by atoms with Gasteiger partial charge in [-0.05, 0) is 42.2 Å². The number of hydrogen-bond donors (Lipinski definition) is 1. The first-order chi connectivity index (χ1) is 12.1. The van der Waals surface area contributed by atoms with E-state index < -0.39 is 11.9 Å². The molecule has 2 aromatic carbocycles. The molecule has 1 atom stereocenters. The Morgan fingerprint density at radius 1 is 1.24 bits per heavy atom. The molecule has 128 valence electrons. The number of ether oxygens (including phenoxy) is 1. The van der Waals surface area contributed by atoms with Crippen molar-refractivity contribution in [3.63, 3.8) is 0 Å². The van der Waals surface area contributed by atoms with Crippen molar-refractivity contribution in [3.05, 3.63) is 59.4 Å². The van der Waals surface area contributed by atoms with Gasteiger partial charge in [-0.3, -0.25) is 9.69 Å². The van der Waals surface area contributed by atoms with E-state index in [-0.39, 0.29) is 17.5 Å². The van der Waals surface area contributed by atoms with Crippen LogP contribution in [-0.2, 0) is 16.0 Å². The molecule has 4 rings (SSSR count). The first-order valence-electron chi connectivity index (χ1n) is 8.26. The maximum Gasteiger partial charge on any atom is 0.414 e. The molecule has 2 amide bonds. The lowest BCUT2D eigenvalue weighted by Crippen LogP contribution is -2.24. The van der Waals surface area contributed by atoms with Gasteiger partial charge >= 0.3 is 6.09 Å². The van der Waals surface area contributed by atoms with Crippen LogP contribution in [0.4, 0.5) is 20.6 Å². The van der Waals surface area contributed by atoms with E-state index in [1.807, 2.05) is 24.3 Å². The summed E-state index contributed by atoms with van der Waals surface area (Å²) in [6, 6.07) is 12.0. The molecule has 0 radical (unpaired) electrons. The first kappa shape index (κ1) is 15.6. The monoisotopic (exact) mass is 340 g/mol. The third-order valence-corrected chi connectivity index (χ3v) is 4.73. The molecule has 6 heteroatoms. The molecule has 1 aliphatic heterocycles. The van der Waals surface area contributed by atoms with E-state index in [0.29, 0.717) is 25.3 Å². The number of aryl methyl sites for hydroxylation is 1. The highest BCUT2D eigenvalue weighted by Crippen LogP contribution is 2.34. The summed E-state index contributed by atoms with van der Waals surface area (Å²) in [4.78, 5) is 25.7. The van der Waals surface area contributed by atoms with Crippen molar-refractivity contribution in [2.24, 2.45) is 0 Å². The number of halogens is 1. The normalized spacial score (nSPS) is 18.8. The highest BCUT2D eigenvalue weighted by atomic mass is 19.1. The van der Waals surface area contributed by atoms with Gasteiger partial charge in [0, 0.05) is 5.69 Å². The van der Waals surface area contributed by atoms with Gasteiger partial charge < -0.3 is 10.1 Å². The van der Waals surface area contributed by atoms with Gasteiger partial charge in [0.2, 0.25) is 5.91 Å². The van der Waals surface area contributed by atoms with Crippen molar-refractivity contribution in [2.75, 3.05) is 23.4 Å². The number of carbonyl (C=O) groups is 2. The summed E-state index contributed by atoms with van der Waals surface area (Å²) in [5.74, 6) is -1.04. The van der Waals surface area contributed by atoms with E-state index in [1.54, 1.807) is 0 Å². The number of fused-ring (bicyclic) bond motifs is 1. The van der Waals surface area contributed by atoms with Crippen LogP contribution >= 0.6 is 0 Å². The van der Waals surface area contributed by atoms with E-state index >= 15 is 0 Å². The summed E-state index contributed by atoms with van der Waals surface area (Å²) in [7, 11) is 0. The fourth-order valence-electron chi connectivity index (χ4n) is 3.45. The fourth-order valence-corrected chi connectivity index (χ4v) is 3.45. The molecule has 0 spiro atoms. The van der Waals surface area contributed by atoms with E-state index in [9.17, 15) is 14.0 Å². The second-order valence-electron chi connectivity index (χ2n) is 6.21. The average Bonchev–Trinajstić information content (AvgIpc) is 3.23. The molecule has 25 heavy (non-hydrogen) atoms. The Morgan fingerprint density at radius 2 is 2.08 bits per heavy atom. The molecule has 1 saturated heterocycles. The molecule has 1 N–H and O–H groups in total. The highest BCUT2D eigenvalue weighted by Gasteiger charge is 2.29. The van der Waals surface area contributed by atoms with Crippen LogP contribution in [-0.4, -0.2) is 25.2 Å². The van der Waals surface area contributed by atoms with Crippen molar-refractivity contribution in [1.29, 1.82) is 0 Å². The van der Waals surface area contributed by atoms with Gasteiger partial charge in [0.25, 0.3) is 0 Å². The van der Waals surface area contributed by atoms with E-state index in [0.717, 1.165) is 17.5 Å². The van der Waals surface area contributed by atoms with Gasteiger partial charge in [-0.15, -0.1) is 0 Å². The molecule has 0 saturated carbocycles. The first-order valence-corrected chi connectivity index (χ1v) is 8.26. The Morgan fingerprint density at radius 3 is 2.88 bits per heavy atom. The van der Waals surface area contributed by atoms with Crippen molar-refractivity contribution in [2.45, 2.75) is 18.8 Å². The number of cyclic esters (lactones) is 1. The molecule has 0 aromatic heterocycles. The summed E-state index contributed by atoms with van der Waals surface area (Å²) in [6.45, 7) is 0.713. The van der Waals surface area contributed by atoms with Gasteiger partial charge in [-0.1, -0.05) is 24.3 Å². The molecule has 2 aromatic rings. The number of rotatable bonds is 3. The van der Waals surface area contributed by atoms with E-state index in [4.69, 9.17) is 4.74 Å². The molecule has 0 bridgehead atoms. The molecular formula is C19H17FN2O3. The largest absolute Gasteiger partial charge is 0.447 e. The number of nitrogens with one attached hydrogen (secondary N) is 1. The van der Waals surface area contributed by atoms with Crippen LogP contribution in [0.2, 0.25) is 0 Å². The second-order valence-corrected chi connectivity index (χ2v) is 6.21. The van der Waals surface area contributed by atoms with Crippen molar-refractivity contribution in [1.82, 2.24) is 0 Å². The maximum atomic E-state index is 14.1. The Balaban J connectivity index is 1.56. The van der Waals surface area contributed by atoms with Crippen LogP contribution < -0.4 is 10.2 Å². The van der Waals surface area contributed by atoms with Crippen LogP contribution in [0.15, 0.2) is 42.5 Å². The summed E-state index contributed by atoms with van der Waals surface area (Å²) in [5, 5.41) is 2.68. The summed E-state index contributed by atoms with van der Waals surface area (Å²) < 4.78 is 19.0. The van der Waals surface area contributed by atoms with Crippen molar-refractivity contribution < 1.29 is 18.7 Å². The summed E-state index contributed by atoms with van der Waals surface area (Å²) in [6.07, 6.45) is 1.09. The van der Waals surface area contributed by atoms with Gasteiger partial charge in [0.05, 0.1) is 18.2 Å². The number of hydrogen-bond acceptors (Lipinski definition) is 3. The average molecular weight is 340 g/mol. The molecule has 2 aliphatic rings. The second kappa shape index (κ2) is 6.20. The number of anilines is 2. The minimum atomic E-state index is -0.532. The number of benzene rings is 2. The molecule has 5 nitrogen and oxygen atoms in total. The van der Waals surface area contributed by atoms with Crippen molar-refractivity contribution >= 4 is 23.4 Å². The minimum absolute atomic E-state index is 0.0755. The number of carbonyl (C=O) groups excluding carboxylic acids is 2. The zero-order chi connectivity index (χ0) is 17.4. The van der Waals surface area contributed by atoms with Crippen molar-refractivity contribution in [3.8, 4) is 0 Å². The van der Waals surface area contributed by atoms with Gasteiger partial charge in [-0.25, -0.2) is 9.18 Å². The van der Waals surface area contributed by atoms with Crippen LogP contribution in [0.5, 0.6) is 0 Å². The quantitative estimate of drug-likeness (QED) is 0.931. The van der Waals surface area contributed by atoms with E-state index in [2.05, 4.69) is 5.32 Å². The maximum absolute atomic E-state index is 14.1. The molecule has 1 heterocycles. The highest BCUT2D eigenvalue weighted by molar-refractivity contribution is 5.98. The zero-order valence-electron chi connectivity index (χ0n) is 13.5. The molecule has 1 unspecified atom stereocenters. The minimum Gasteiger partial charge on any atom is -0.447 e. The Labute approximate surface area is 144 Å². The van der Waals surface area contributed by atoms with Gasteiger partial charge in [0.15, 0.2) is 0 Å². The summed E-state index contributed by atoms with van der Waals surface area (Å²) >= 11 is 0. The summed E-state index contributed by atoms with van der Waals surface area (Å²) in [5.41, 5.74) is 2.74. The zero-order valence-corrected chi connectivity index (χ0v) is 13.5. The van der Waals surface area contributed by atoms with Gasteiger partial charge in [0.1, 0.15) is 12.4 Å². The smallest absolute Gasteiger partial charge is 0.414 e. The van der Waals surface area contributed by atoms with Crippen LogP contribution in [0.1, 0.15) is 23.5 Å². The Hall–Kier alpha value is -2.89. The molecular weight excluding hydrogens is 323 g/mol. The Kier molecular flexibility index (Phi) is 3.87. The molecule has 1 fully saturated rings. The topological polar surface area (TPSA) is 58.6 Å². The Bertz CT molecular complexity index is 852. The van der Waals surface area contributed by atoms with E-state index in [1.165, 1.54) is 23.1 Å². The predicted octanol–water partition coefficient (Wildman–Crippen LogP) is 3.45. The molecule has 1 aliphatic carbocycles. The lowest BCUT2D eigenvalue weighted by atomic mass is 10.0. The lowest BCUT2D eigenvalue weighted by Gasteiger charge is -2.16. The van der Waals surface area contributed by atoms with Gasteiger partial charge in [-0.2, -0.15) is 0 Å². The predicted molar refractivity (Wildman–Crippen MR) is 91.2 cm³/mol. The van der Waals surface area contributed by atoms with Crippen LogP contribution in [0.25, 0.3) is 0 Å². The third-order valence-electron chi connectivity index (χ3n) is 4.73.